The lowest BCUT2D eigenvalue weighted by molar-refractivity contribution is 0.693. The summed E-state index contributed by atoms with van der Waals surface area (Å²) in [7, 11) is 0. The highest BCUT2D eigenvalue weighted by Gasteiger charge is 1.97. The van der Waals surface area contributed by atoms with Crippen molar-refractivity contribution < 1.29 is 0 Å². The van der Waals surface area contributed by atoms with Crippen LogP contribution in [0.3, 0.4) is 0 Å². The maximum Gasteiger partial charge on any atom is 0.0897 e. The van der Waals surface area contributed by atoms with Crippen LogP contribution in [0.25, 0.3) is 0 Å². The van der Waals surface area contributed by atoms with E-state index >= 15 is 0 Å². The fraction of sp³-hybridized carbons (Fsp3) is 0.364. The Kier molecular flexibility index (Phi) is 3.88. The molecule has 0 atom stereocenters. The van der Waals surface area contributed by atoms with Gasteiger partial charge in [-0.3, -0.25) is 0 Å². The van der Waals surface area contributed by atoms with E-state index in [0.717, 1.165) is 24.5 Å². The lowest BCUT2D eigenvalue weighted by Gasteiger charge is -2.00. The van der Waals surface area contributed by atoms with E-state index in [0.29, 0.717) is 0 Å². The van der Waals surface area contributed by atoms with E-state index < -0.39 is 0 Å². The molecule has 0 unspecified atom stereocenters. The molecule has 0 aliphatic heterocycles. The predicted molar refractivity (Wildman–Crippen MR) is 66.6 cm³/mol. The molecule has 0 amide bonds. The molecule has 80 valence electrons. The summed E-state index contributed by atoms with van der Waals surface area (Å²) in [6, 6.07) is 2.18. The lowest BCUT2D eigenvalue weighted by atomic mass is 10.2. The molecule has 0 aromatic carbocycles. The largest absolute Gasteiger partial charge is 0.311 e. The second-order valence-electron chi connectivity index (χ2n) is 3.40. The van der Waals surface area contributed by atoms with Gasteiger partial charge in [-0.15, -0.1) is 11.3 Å². The summed E-state index contributed by atoms with van der Waals surface area (Å²) in [5.74, 6) is 0. The zero-order chi connectivity index (χ0) is 10.5. The maximum absolute atomic E-state index is 4.23. The molecule has 2 nitrogen and oxygen atoms in total. The number of aromatic nitrogens is 1. The number of thiophene rings is 1. The highest BCUT2D eigenvalue weighted by molar-refractivity contribution is 7.11. The molecule has 0 saturated heterocycles. The maximum atomic E-state index is 4.23. The first-order valence-corrected chi connectivity index (χ1v) is 6.73. The standard InChI is InChI=1S/C11H14N2S2/c1-9-13-7-11(15-9)6-12-4-2-10-3-5-14-8-10/h3,5,7-8,12H,2,4,6H2,1H3. The molecule has 0 bridgehead atoms. The zero-order valence-electron chi connectivity index (χ0n) is 8.69. The summed E-state index contributed by atoms with van der Waals surface area (Å²) >= 11 is 3.53. The fourth-order valence-corrected chi connectivity index (χ4v) is 2.83. The molecule has 2 heterocycles. The van der Waals surface area contributed by atoms with Crippen LogP contribution in [0.4, 0.5) is 0 Å². The summed E-state index contributed by atoms with van der Waals surface area (Å²) in [6.45, 7) is 4.02. The van der Waals surface area contributed by atoms with Gasteiger partial charge < -0.3 is 5.32 Å². The number of hydrogen-bond donors (Lipinski definition) is 1. The first kappa shape index (κ1) is 10.8. The minimum Gasteiger partial charge on any atom is -0.311 e. The minimum atomic E-state index is 0.940. The Balaban J connectivity index is 1.67. The summed E-state index contributed by atoms with van der Waals surface area (Å²) in [4.78, 5) is 5.54. The number of hydrogen-bond acceptors (Lipinski definition) is 4. The van der Waals surface area contributed by atoms with Crippen molar-refractivity contribution in [1.82, 2.24) is 10.3 Å². The van der Waals surface area contributed by atoms with Crippen LogP contribution in [-0.4, -0.2) is 11.5 Å². The van der Waals surface area contributed by atoms with E-state index in [-0.39, 0.29) is 0 Å². The second kappa shape index (κ2) is 5.39. The van der Waals surface area contributed by atoms with Gasteiger partial charge in [0.05, 0.1) is 5.01 Å². The van der Waals surface area contributed by atoms with E-state index in [4.69, 9.17) is 0 Å². The van der Waals surface area contributed by atoms with E-state index in [1.165, 1.54) is 10.4 Å². The van der Waals surface area contributed by atoms with Crippen molar-refractivity contribution >= 4 is 22.7 Å². The summed E-state index contributed by atoms with van der Waals surface area (Å²) < 4.78 is 0. The van der Waals surface area contributed by atoms with E-state index in [1.54, 1.807) is 22.7 Å². The van der Waals surface area contributed by atoms with Crippen LogP contribution in [0.15, 0.2) is 23.0 Å². The van der Waals surface area contributed by atoms with Crippen LogP contribution >= 0.6 is 22.7 Å². The van der Waals surface area contributed by atoms with Crippen LogP contribution in [-0.2, 0) is 13.0 Å². The van der Waals surface area contributed by atoms with Crippen molar-refractivity contribution in [1.29, 1.82) is 0 Å². The molecule has 2 aromatic heterocycles. The molecule has 1 N–H and O–H groups in total. The van der Waals surface area contributed by atoms with Crippen LogP contribution in [0.1, 0.15) is 15.4 Å². The topological polar surface area (TPSA) is 24.9 Å². The smallest absolute Gasteiger partial charge is 0.0897 e. The molecule has 0 spiro atoms. The molecule has 0 aliphatic carbocycles. The van der Waals surface area contributed by atoms with Gasteiger partial charge in [0.25, 0.3) is 0 Å². The van der Waals surface area contributed by atoms with Gasteiger partial charge >= 0.3 is 0 Å². The summed E-state index contributed by atoms with van der Waals surface area (Å²) in [5, 5.41) is 8.91. The summed E-state index contributed by atoms with van der Waals surface area (Å²) in [6.07, 6.45) is 3.07. The van der Waals surface area contributed by atoms with Gasteiger partial charge in [-0.25, -0.2) is 4.98 Å². The lowest BCUT2D eigenvalue weighted by Crippen LogP contribution is -2.15. The van der Waals surface area contributed by atoms with Gasteiger partial charge in [-0.05, 0) is 42.3 Å². The molecule has 4 heteroatoms. The quantitative estimate of drug-likeness (QED) is 0.810. The predicted octanol–water partition coefficient (Wildman–Crippen LogP) is 2.85. The number of thiazole rings is 1. The molecule has 0 fully saturated rings. The van der Waals surface area contributed by atoms with Crippen molar-refractivity contribution in [2.75, 3.05) is 6.54 Å². The number of nitrogens with zero attached hydrogens (tertiary/aromatic N) is 1. The second-order valence-corrected chi connectivity index (χ2v) is 5.50. The highest BCUT2D eigenvalue weighted by atomic mass is 32.1. The Morgan fingerprint density at radius 1 is 1.47 bits per heavy atom. The van der Waals surface area contributed by atoms with Crippen LogP contribution in [0.5, 0.6) is 0 Å². The first-order valence-electron chi connectivity index (χ1n) is 4.98. The Morgan fingerprint density at radius 3 is 3.07 bits per heavy atom. The monoisotopic (exact) mass is 238 g/mol. The third-order valence-electron chi connectivity index (χ3n) is 2.14. The Hall–Kier alpha value is -0.710. The van der Waals surface area contributed by atoms with Gasteiger partial charge in [-0.2, -0.15) is 11.3 Å². The highest BCUT2D eigenvalue weighted by Crippen LogP contribution is 2.11. The van der Waals surface area contributed by atoms with Crippen molar-refractivity contribution in [3.05, 3.63) is 38.5 Å². The molecular formula is C11H14N2S2. The van der Waals surface area contributed by atoms with E-state index in [9.17, 15) is 0 Å². The zero-order valence-corrected chi connectivity index (χ0v) is 10.3. The molecule has 2 aromatic rings. The molecule has 2 rings (SSSR count). The Labute approximate surface area is 98.0 Å². The molecular weight excluding hydrogens is 224 g/mol. The average molecular weight is 238 g/mol. The SMILES string of the molecule is Cc1ncc(CNCCc2ccsc2)s1. The van der Waals surface area contributed by atoms with Crippen molar-refractivity contribution in [2.45, 2.75) is 19.9 Å². The Morgan fingerprint density at radius 2 is 2.40 bits per heavy atom. The third-order valence-corrected chi connectivity index (χ3v) is 3.78. The first-order chi connectivity index (χ1) is 7.34. The normalized spacial score (nSPS) is 10.7. The number of aryl methyl sites for hydroxylation is 1. The van der Waals surface area contributed by atoms with Crippen molar-refractivity contribution in [3.63, 3.8) is 0 Å². The summed E-state index contributed by atoms with van der Waals surface area (Å²) in [5.41, 5.74) is 1.42. The van der Waals surface area contributed by atoms with Gasteiger partial charge in [0.1, 0.15) is 0 Å². The molecule has 15 heavy (non-hydrogen) atoms. The van der Waals surface area contributed by atoms with Gasteiger partial charge in [0.15, 0.2) is 0 Å². The molecule has 0 saturated carbocycles. The van der Waals surface area contributed by atoms with E-state index in [2.05, 4.69) is 27.1 Å². The van der Waals surface area contributed by atoms with Crippen LogP contribution in [0, 0.1) is 6.92 Å². The van der Waals surface area contributed by atoms with Crippen LogP contribution < -0.4 is 5.32 Å². The van der Waals surface area contributed by atoms with Gasteiger partial charge in [0.2, 0.25) is 0 Å². The van der Waals surface area contributed by atoms with Crippen molar-refractivity contribution in [3.8, 4) is 0 Å². The fourth-order valence-electron chi connectivity index (χ4n) is 1.37. The average Bonchev–Trinajstić information content (AvgIpc) is 2.84. The molecule has 0 aliphatic rings. The van der Waals surface area contributed by atoms with E-state index in [1.807, 2.05) is 13.1 Å². The van der Waals surface area contributed by atoms with Crippen molar-refractivity contribution in [2.24, 2.45) is 0 Å². The van der Waals surface area contributed by atoms with Crippen LogP contribution in [0.2, 0.25) is 0 Å². The van der Waals surface area contributed by atoms with Gasteiger partial charge in [0, 0.05) is 17.6 Å². The molecule has 0 radical (unpaired) electrons. The Bertz CT molecular complexity index is 392. The number of rotatable bonds is 5. The third kappa shape index (κ3) is 3.41. The number of nitrogens with one attached hydrogen (secondary N) is 1. The minimum absolute atomic E-state index is 0.940. The van der Waals surface area contributed by atoms with Gasteiger partial charge in [-0.1, -0.05) is 0 Å².